The minimum Gasteiger partial charge on any atom is -0.316 e. The number of hydrogen-bond acceptors (Lipinski definition) is 6. The molecule has 0 aromatic heterocycles. The molecule has 2 rings (SSSR count). The van der Waals surface area contributed by atoms with Crippen molar-refractivity contribution in [1.29, 1.82) is 0 Å². The second-order valence-corrected chi connectivity index (χ2v) is 14.1. The Balaban J connectivity index is 1.19. The van der Waals surface area contributed by atoms with E-state index in [2.05, 4.69) is 102 Å². The quantitative estimate of drug-likeness (QED) is 0.0632. The van der Waals surface area contributed by atoms with Gasteiger partial charge in [0.05, 0.1) is 0 Å². The van der Waals surface area contributed by atoms with E-state index in [1.165, 1.54) is 74.0 Å². The molecule has 0 aliphatic rings. The van der Waals surface area contributed by atoms with Gasteiger partial charge in [-0.3, -0.25) is 0 Å². The zero-order valence-corrected chi connectivity index (χ0v) is 27.7. The van der Waals surface area contributed by atoms with Crippen LogP contribution in [-0.4, -0.2) is 50.8 Å². The third-order valence-corrected chi connectivity index (χ3v) is 9.67. The van der Waals surface area contributed by atoms with Crippen LogP contribution in [0.15, 0.2) is 57.5 Å². The molecule has 0 saturated heterocycles. The molecule has 0 aliphatic carbocycles. The highest BCUT2D eigenvalue weighted by atomic mass is 79.9. The first-order valence-electron chi connectivity index (χ1n) is 14.3. The summed E-state index contributed by atoms with van der Waals surface area (Å²) < 4.78 is 2.29. The summed E-state index contributed by atoms with van der Waals surface area (Å²) in [6.07, 6.45) is 10.4. The third kappa shape index (κ3) is 19.9. The fraction of sp³-hybridized carbons (Fsp3) is 0.600. The SMILES string of the molecule is Brc1ccc(CNCCCCCCNCCSSCCNCCCCCCNCc2ccc(Br)cc2)cc1. The topological polar surface area (TPSA) is 48.1 Å². The van der Waals surface area contributed by atoms with Crippen LogP contribution in [0.2, 0.25) is 0 Å². The zero-order chi connectivity index (χ0) is 26.9. The predicted octanol–water partition coefficient (Wildman–Crippen LogP) is 7.77. The lowest BCUT2D eigenvalue weighted by Crippen LogP contribution is -2.19. The maximum atomic E-state index is 3.59. The Labute approximate surface area is 257 Å². The summed E-state index contributed by atoms with van der Waals surface area (Å²) in [5.74, 6) is 2.39. The van der Waals surface area contributed by atoms with Crippen LogP contribution < -0.4 is 21.3 Å². The molecule has 38 heavy (non-hydrogen) atoms. The molecular weight excluding hydrogens is 640 g/mol. The molecule has 4 nitrogen and oxygen atoms in total. The van der Waals surface area contributed by atoms with Gasteiger partial charge in [-0.1, -0.05) is 103 Å². The molecule has 0 heterocycles. The average molecular weight is 689 g/mol. The Morgan fingerprint density at radius 2 is 0.763 bits per heavy atom. The predicted molar refractivity (Wildman–Crippen MR) is 179 cm³/mol. The van der Waals surface area contributed by atoms with Gasteiger partial charge in [0.2, 0.25) is 0 Å². The maximum Gasteiger partial charge on any atom is 0.0205 e. The van der Waals surface area contributed by atoms with Gasteiger partial charge >= 0.3 is 0 Å². The molecule has 0 bridgehead atoms. The molecule has 2 aromatic rings. The summed E-state index contributed by atoms with van der Waals surface area (Å²) in [6, 6.07) is 17.1. The van der Waals surface area contributed by atoms with Gasteiger partial charge < -0.3 is 21.3 Å². The molecular formula is C30H48Br2N4S2. The lowest BCUT2D eigenvalue weighted by atomic mass is 10.2. The average Bonchev–Trinajstić information content (AvgIpc) is 2.93. The van der Waals surface area contributed by atoms with Gasteiger partial charge in [0.1, 0.15) is 0 Å². The van der Waals surface area contributed by atoms with E-state index in [9.17, 15) is 0 Å². The van der Waals surface area contributed by atoms with Crippen molar-refractivity contribution in [3.05, 3.63) is 68.6 Å². The highest BCUT2D eigenvalue weighted by molar-refractivity contribution is 9.10. The smallest absolute Gasteiger partial charge is 0.0205 e. The van der Waals surface area contributed by atoms with Gasteiger partial charge in [-0.2, -0.15) is 0 Å². The molecule has 0 radical (unpaired) electrons. The van der Waals surface area contributed by atoms with Crippen molar-refractivity contribution < 1.29 is 0 Å². The maximum absolute atomic E-state index is 3.59. The van der Waals surface area contributed by atoms with E-state index in [1.54, 1.807) is 0 Å². The molecule has 0 unspecified atom stereocenters. The molecule has 4 N–H and O–H groups in total. The van der Waals surface area contributed by atoms with Crippen LogP contribution in [0.25, 0.3) is 0 Å². The van der Waals surface area contributed by atoms with E-state index in [0.29, 0.717) is 0 Å². The zero-order valence-electron chi connectivity index (χ0n) is 22.9. The van der Waals surface area contributed by atoms with Gasteiger partial charge in [-0.05, 0) is 87.3 Å². The van der Waals surface area contributed by atoms with Crippen LogP contribution in [0, 0.1) is 0 Å². The standard InChI is InChI=1S/C30H48Br2N4S2/c31-29-13-9-27(10-14-29)25-35-19-7-3-1-5-17-33-21-23-37-38-24-22-34-18-6-2-4-8-20-36-26-28-11-15-30(32)16-12-28/h9-16,33-36H,1-8,17-26H2. The van der Waals surface area contributed by atoms with Gasteiger partial charge in [-0.25, -0.2) is 0 Å². The van der Waals surface area contributed by atoms with E-state index in [4.69, 9.17) is 0 Å². The highest BCUT2D eigenvalue weighted by Gasteiger charge is 1.97. The normalized spacial score (nSPS) is 11.3. The lowest BCUT2D eigenvalue weighted by Gasteiger charge is -2.07. The van der Waals surface area contributed by atoms with Crippen molar-refractivity contribution in [2.24, 2.45) is 0 Å². The van der Waals surface area contributed by atoms with Gasteiger partial charge in [-0.15, -0.1) is 0 Å². The van der Waals surface area contributed by atoms with Crippen molar-refractivity contribution >= 4 is 53.4 Å². The summed E-state index contributed by atoms with van der Waals surface area (Å²) in [7, 11) is 4.00. The number of benzene rings is 2. The Morgan fingerprint density at radius 1 is 0.421 bits per heavy atom. The van der Waals surface area contributed by atoms with Gasteiger partial charge in [0.15, 0.2) is 0 Å². The highest BCUT2D eigenvalue weighted by Crippen LogP contribution is 2.19. The summed E-state index contributed by atoms with van der Waals surface area (Å²) in [4.78, 5) is 0. The van der Waals surface area contributed by atoms with E-state index in [-0.39, 0.29) is 0 Å². The van der Waals surface area contributed by atoms with Gasteiger partial charge in [0.25, 0.3) is 0 Å². The van der Waals surface area contributed by atoms with Gasteiger partial charge in [0, 0.05) is 46.6 Å². The molecule has 0 aliphatic heterocycles. The van der Waals surface area contributed by atoms with Crippen molar-refractivity contribution in [3.63, 3.8) is 0 Å². The van der Waals surface area contributed by atoms with Crippen LogP contribution in [0.1, 0.15) is 62.5 Å². The third-order valence-electron chi connectivity index (χ3n) is 6.21. The summed E-state index contributed by atoms with van der Waals surface area (Å²) in [5.41, 5.74) is 2.70. The molecule has 0 saturated carbocycles. The first kappa shape index (κ1) is 34.1. The molecule has 2 aromatic carbocycles. The fourth-order valence-corrected chi connectivity index (χ4v) is 6.40. The van der Waals surface area contributed by atoms with Crippen molar-refractivity contribution in [2.75, 3.05) is 50.8 Å². The Kier molecular flexibility index (Phi) is 22.2. The van der Waals surface area contributed by atoms with Crippen LogP contribution in [0.5, 0.6) is 0 Å². The Bertz CT molecular complexity index is 726. The van der Waals surface area contributed by atoms with Crippen LogP contribution in [0.3, 0.4) is 0 Å². The van der Waals surface area contributed by atoms with E-state index in [1.807, 2.05) is 21.6 Å². The van der Waals surface area contributed by atoms with Crippen LogP contribution in [0.4, 0.5) is 0 Å². The number of rotatable bonds is 25. The van der Waals surface area contributed by atoms with Crippen molar-refractivity contribution in [3.8, 4) is 0 Å². The van der Waals surface area contributed by atoms with Crippen LogP contribution in [-0.2, 0) is 13.1 Å². The monoisotopic (exact) mass is 686 g/mol. The second kappa shape index (κ2) is 24.7. The summed E-state index contributed by atoms with van der Waals surface area (Å²) in [6.45, 7) is 8.70. The number of unbranched alkanes of at least 4 members (excludes halogenated alkanes) is 6. The molecule has 0 atom stereocenters. The number of hydrogen-bond donors (Lipinski definition) is 4. The second-order valence-electron chi connectivity index (χ2n) is 9.58. The molecule has 214 valence electrons. The Hall–Kier alpha value is -0.0600. The first-order chi connectivity index (χ1) is 18.7. The van der Waals surface area contributed by atoms with E-state index in [0.717, 1.165) is 61.3 Å². The number of halogens is 2. The Morgan fingerprint density at radius 3 is 1.13 bits per heavy atom. The molecule has 8 heteroatoms. The number of nitrogens with one attached hydrogen (secondary N) is 4. The summed E-state index contributed by atoms with van der Waals surface area (Å²) in [5, 5.41) is 14.3. The van der Waals surface area contributed by atoms with Crippen LogP contribution >= 0.6 is 53.4 Å². The lowest BCUT2D eigenvalue weighted by molar-refractivity contribution is 0.569. The molecule has 0 amide bonds. The van der Waals surface area contributed by atoms with E-state index >= 15 is 0 Å². The molecule has 0 spiro atoms. The molecule has 0 fully saturated rings. The van der Waals surface area contributed by atoms with Crippen molar-refractivity contribution in [2.45, 2.75) is 64.5 Å². The minimum absolute atomic E-state index is 0.966. The first-order valence-corrected chi connectivity index (χ1v) is 18.4. The largest absolute Gasteiger partial charge is 0.316 e. The summed E-state index contributed by atoms with van der Waals surface area (Å²) >= 11 is 6.97. The fourth-order valence-electron chi connectivity index (χ4n) is 3.97. The van der Waals surface area contributed by atoms with E-state index < -0.39 is 0 Å². The van der Waals surface area contributed by atoms with Crippen molar-refractivity contribution in [1.82, 2.24) is 21.3 Å². The minimum atomic E-state index is 0.966.